The standard InChI is InChI=1S/C44H44N4O.Pd/c1-27-14-13-15-28(2)41(27)42-29(3)46-48(30(42)4)33-22-32(44(8,9)10)23-35(25-33)49-34-18-19-37-36-16-11-12-17-38(36)47(39(37)26-34)40-24-31(20-21-45-40)43(5,6)7;/h11-24H,1-10H3;/q-2;+2. The number of aryl methyl sites for hydroxylation is 3. The van der Waals surface area contributed by atoms with Gasteiger partial charge in [0.05, 0.1) is 5.69 Å². The van der Waals surface area contributed by atoms with E-state index in [9.17, 15) is 0 Å². The van der Waals surface area contributed by atoms with Crippen LogP contribution in [0.3, 0.4) is 0 Å². The van der Waals surface area contributed by atoms with Crippen molar-refractivity contribution in [2.75, 3.05) is 0 Å². The van der Waals surface area contributed by atoms with Gasteiger partial charge in [-0.1, -0.05) is 83.5 Å². The SMILES string of the molecule is Cc1cccc(C)c1-c1c(C)nn(-c2[c-]c(Oc3[c-]c4c(cc3)c3ccccc3n4-c3cc(C(C)(C)C)ccn3)cc(C(C)(C)C)c2)c1C.[Pd+2]. The number of hydrogen-bond acceptors (Lipinski definition) is 3. The minimum atomic E-state index is -0.128. The Hall–Kier alpha value is -4.50. The Morgan fingerprint density at radius 3 is 2.06 bits per heavy atom. The van der Waals surface area contributed by atoms with Crippen LogP contribution in [0, 0.1) is 39.8 Å². The van der Waals surface area contributed by atoms with Crippen LogP contribution >= 0.6 is 0 Å². The van der Waals surface area contributed by atoms with E-state index in [0.717, 1.165) is 50.3 Å². The van der Waals surface area contributed by atoms with Gasteiger partial charge in [-0.05, 0) is 90.1 Å². The third kappa shape index (κ3) is 6.32. The Balaban J connectivity index is 0.00000432. The van der Waals surface area contributed by atoms with E-state index < -0.39 is 0 Å². The Morgan fingerprint density at radius 2 is 1.36 bits per heavy atom. The van der Waals surface area contributed by atoms with Crippen LogP contribution in [0.25, 0.3) is 44.4 Å². The van der Waals surface area contributed by atoms with Gasteiger partial charge < -0.3 is 9.30 Å². The molecule has 0 aliphatic heterocycles. The molecule has 0 unspecified atom stereocenters. The number of fused-ring (bicyclic) bond motifs is 3. The normalized spacial score (nSPS) is 12.0. The van der Waals surface area contributed by atoms with Crippen molar-refractivity contribution in [2.24, 2.45) is 0 Å². The molecule has 0 saturated heterocycles. The predicted octanol–water partition coefficient (Wildman–Crippen LogP) is 11.3. The first kappa shape index (κ1) is 35.3. The molecule has 4 aromatic carbocycles. The number of para-hydroxylation sites is 1. The molecule has 256 valence electrons. The van der Waals surface area contributed by atoms with Gasteiger partial charge in [0.1, 0.15) is 5.82 Å². The van der Waals surface area contributed by atoms with Crippen LogP contribution in [-0.4, -0.2) is 19.3 Å². The van der Waals surface area contributed by atoms with Crippen LogP contribution in [0.5, 0.6) is 11.5 Å². The Bertz CT molecular complexity index is 2360. The first-order valence-electron chi connectivity index (χ1n) is 17.0. The summed E-state index contributed by atoms with van der Waals surface area (Å²) in [6, 6.07) is 34.8. The molecule has 0 aliphatic carbocycles. The second-order valence-corrected chi connectivity index (χ2v) is 15.3. The van der Waals surface area contributed by atoms with Crippen molar-refractivity contribution < 1.29 is 25.2 Å². The van der Waals surface area contributed by atoms with Gasteiger partial charge in [-0.3, -0.25) is 4.68 Å². The van der Waals surface area contributed by atoms with Gasteiger partial charge >= 0.3 is 20.4 Å². The average molecular weight is 751 g/mol. The maximum absolute atomic E-state index is 6.66. The minimum Gasteiger partial charge on any atom is -0.509 e. The van der Waals surface area contributed by atoms with Gasteiger partial charge in [0.15, 0.2) is 0 Å². The average Bonchev–Trinajstić information content (AvgIpc) is 3.53. The van der Waals surface area contributed by atoms with Crippen molar-refractivity contribution in [3.8, 4) is 34.1 Å². The van der Waals surface area contributed by atoms with E-state index in [0.29, 0.717) is 11.5 Å². The number of hydrogen-bond donors (Lipinski definition) is 0. The molecule has 0 spiro atoms. The molecule has 0 aliphatic rings. The van der Waals surface area contributed by atoms with Crippen molar-refractivity contribution >= 4 is 21.8 Å². The van der Waals surface area contributed by atoms with Crippen LogP contribution < -0.4 is 4.74 Å². The molecule has 50 heavy (non-hydrogen) atoms. The van der Waals surface area contributed by atoms with E-state index in [1.165, 1.54) is 27.8 Å². The smallest absolute Gasteiger partial charge is 0.509 e. The van der Waals surface area contributed by atoms with Crippen LogP contribution in [0.1, 0.15) is 75.2 Å². The maximum Gasteiger partial charge on any atom is 2.00 e. The summed E-state index contributed by atoms with van der Waals surface area (Å²) in [4.78, 5) is 4.83. The topological polar surface area (TPSA) is 44.9 Å². The molecule has 7 aromatic rings. The largest absolute Gasteiger partial charge is 2.00 e. The molecule has 0 atom stereocenters. The van der Waals surface area contributed by atoms with Gasteiger partial charge in [-0.15, -0.1) is 41.3 Å². The maximum atomic E-state index is 6.66. The number of aromatic nitrogens is 4. The predicted molar refractivity (Wildman–Crippen MR) is 202 cm³/mol. The summed E-state index contributed by atoms with van der Waals surface area (Å²) < 4.78 is 10.9. The fraction of sp³-hybridized carbons (Fsp3) is 0.273. The van der Waals surface area contributed by atoms with Gasteiger partial charge in [-0.25, -0.2) is 4.98 Å². The van der Waals surface area contributed by atoms with Crippen molar-refractivity contribution in [1.82, 2.24) is 19.3 Å². The van der Waals surface area contributed by atoms with E-state index in [-0.39, 0.29) is 31.3 Å². The molecular weight excluding hydrogens is 707 g/mol. The van der Waals surface area contributed by atoms with E-state index in [4.69, 9.17) is 14.8 Å². The van der Waals surface area contributed by atoms with Crippen LogP contribution in [0.4, 0.5) is 0 Å². The summed E-state index contributed by atoms with van der Waals surface area (Å²) in [5, 5.41) is 7.30. The van der Waals surface area contributed by atoms with Crippen molar-refractivity contribution in [3.63, 3.8) is 0 Å². The fourth-order valence-corrected chi connectivity index (χ4v) is 6.88. The second kappa shape index (κ2) is 13.0. The molecule has 3 aromatic heterocycles. The number of nitrogens with zero attached hydrogens (tertiary/aromatic N) is 4. The summed E-state index contributed by atoms with van der Waals surface area (Å²) in [5.74, 6) is 2.09. The minimum absolute atomic E-state index is 0. The Kier molecular flexibility index (Phi) is 9.18. The summed E-state index contributed by atoms with van der Waals surface area (Å²) >= 11 is 0. The molecule has 0 N–H and O–H groups in total. The molecular formula is C44H44N4OPd. The van der Waals surface area contributed by atoms with E-state index in [1.807, 2.05) is 16.9 Å². The molecule has 0 amide bonds. The summed E-state index contributed by atoms with van der Waals surface area (Å²) in [7, 11) is 0. The van der Waals surface area contributed by atoms with E-state index in [1.54, 1.807) is 0 Å². The number of rotatable bonds is 5. The zero-order chi connectivity index (χ0) is 34.8. The molecule has 0 saturated carbocycles. The molecule has 6 heteroatoms. The van der Waals surface area contributed by atoms with Gasteiger partial charge in [0.25, 0.3) is 0 Å². The molecule has 0 fully saturated rings. The fourth-order valence-electron chi connectivity index (χ4n) is 6.88. The van der Waals surface area contributed by atoms with Gasteiger partial charge in [0.2, 0.25) is 0 Å². The number of ether oxygens (including phenoxy) is 1. The first-order valence-corrected chi connectivity index (χ1v) is 17.0. The van der Waals surface area contributed by atoms with E-state index >= 15 is 0 Å². The molecule has 7 rings (SSSR count). The first-order chi connectivity index (χ1) is 23.2. The molecule has 0 radical (unpaired) electrons. The molecule has 5 nitrogen and oxygen atoms in total. The monoisotopic (exact) mass is 750 g/mol. The summed E-state index contributed by atoms with van der Waals surface area (Å²) in [6.07, 6.45) is 1.90. The van der Waals surface area contributed by atoms with Crippen molar-refractivity contribution in [3.05, 3.63) is 131 Å². The Morgan fingerprint density at radius 1 is 0.660 bits per heavy atom. The third-order valence-corrected chi connectivity index (χ3v) is 9.56. The van der Waals surface area contributed by atoms with Crippen LogP contribution in [-0.2, 0) is 31.3 Å². The zero-order valence-corrected chi connectivity index (χ0v) is 32.2. The van der Waals surface area contributed by atoms with Gasteiger partial charge in [0, 0.05) is 34.5 Å². The summed E-state index contributed by atoms with van der Waals surface area (Å²) in [5.41, 5.74) is 12.0. The van der Waals surface area contributed by atoms with Crippen LogP contribution in [0.15, 0.2) is 85.1 Å². The third-order valence-electron chi connectivity index (χ3n) is 9.56. The summed E-state index contributed by atoms with van der Waals surface area (Å²) in [6.45, 7) is 21.9. The number of pyridine rings is 1. The number of benzene rings is 4. The molecule has 0 bridgehead atoms. The molecule has 3 heterocycles. The van der Waals surface area contributed by atoms with Crippen molar-refractivity contribution in [1.29, 1.82) is 0 Å². The van der Waals surface area contributed by atoms with E-state index in [2.05, 4.69) is 159 Å². The van der Waals surface area contributed by atoms with Crippen LogP contribution in [0.2, 0.25) is 0 Å². The quantitative estimate of drug-likeness (QED) is 0.130. The second-order valence-electron chi connectivity index (χ2n) is 15.3. The van der Waals surface area contributed by atoms with Gasteiger partial charge in [-0.2, -0.15) is 11.2 Å². The zero-order valence-electron chi connectivity index (χ0n) is 30.6. The van der Waals surface area contributed by atoms with Crippen molar-refractivity contribution in [2.45, 2.75) is 80.1 Å². The Labute approximate surface area is 310 Å².